The molecule has 4 nitrogen and oxygen atoms in total. The third kappa shape index (κ3) is 2.82. The smallest absolute Gasteiger partial charge is 0.0883 e. The first kappa shape index (κ1) is 13.1. The molecule has 1 aliphatic heterocycles. The molecule has 3 rings (SSSR count). The van der Waals surface area contributed by atoms with Gasteiger partial charge in [0, 0.05) is 25.2 Å². The topological polar surface area (TPSA) is 58.7 Å². The van der Waals surface area contributed by atoms with Gasteiger partial charge in [-0.05, 0) is 18.4 Å². The molecule has 2 aliphatic rings. The van der Waals surface area contributed by atoms with Gasteiger partial charge in [0.15, 0.2) is 0 Å². The summed E-state index contributed by atoms with van der Waals surface area (Å²) in [6.45, 7) is 3.48. The Hall–Kier alpha value is -0.940. The Kier molecular flexibility index (Phi) is 3.58. The summed E-state index contributed by atoms with van der Waals surface area (Å²) in [4.78, 5) is 2.39. The van der Waals surface area contributed by atoms with E-state index in [1.54, 1.807) is 0 Å². The lowest BCUT2D eigenvalue weighted by atomic mass is 9.71. The number of rotatable bonds is 3. The Bertz CT molecular complexity index is 417. The van der Waals surface area contributed by atoms with Crippen LogP contribution in [0.1, 0.15) is 18.4 Å². The lowest BCUT2D eigenvalue weighted by Crippen LogP contribution is -2.66. The first-order valence-corrected chi connectivity index (χ1v) is 7.00. The van der Waals surface area contributed by atoms with Crippen molar-refractivity contribution in [2.75, 3.05) is 19.7 Å². The number of aliphatic hydroxyl groups is 1. The molecule has 0 aromatic heterocycles. The third-order valence-electron chi connectivity index (χ3n) is 4.27. The average molecular weight is 262 g/mol. The van der Waals surface area contributed by atoms with Crippen LogP contribution in [0.5, 0.6) is 0 Å². The minimum absolute atomic E-state index is 0.0494. The van der Waals surface area contributed by atoms with E-state index in [4.69, 9.17) is 10.5 Å². The summed E-state index contributed by atoms with van der Waals surface area (Å²) in [6.07, 6.45) is 1.14. The zero-order valence-corrected chi connectivity index (χ0v) is 11.2. The van der Waals surface area contributed by atoms with Crippen molar-refractivity contribution >= 4 is 0 Å². The summed E-state index contributed by atoms with van der Waals surface area (Å²) in [7, 11) is 0. The number of hydrogen-bond donors (Lipinski definition) is 2. The molecule has 0 spiro atoms. The Morgan fingerprint density at radius 1 is 1.32 bits per heavy atom. The highest BCUT2D eigenvalue weighted by Gasteiger charge is 2.48. The van der Waals surface area contributed by atoms with Crippen LogP contribution in [-0.4, -0.2) is 47.4 Å². The molecule has 1 unspecified atom stereocenters. The van der Waals surface area contributed by atoms with Crippen LogP contribution in [-0.2, 0) is 11.3 Å². The van der Waals surface area contributed by atoms with Crippen LogP contribution in [0.15, 0.2) is 30.3 Å². The second-order valence-electron chi connectivity index (χ2n) is 5.88. The molecule has 1 saturated heterocycles. The maximum atomic E-state index is 9.47. The fraction of sp³-hybridized carbons (Fsp3) is 0.600. The van der Waals surface area contributed by atoms with Gasteiger partial charge < -0.3 is 15.6 Å². The molecule has 0 radical (unpaired) electrons. The molecule has 1 aliphatic carbocycles. The van der Waals surface area contributed by atoms with Crippen molar-refractivity contribution in [1.82, 2.24) is 4.90 Å². The molecule has 1 aromatic rings. The number of nitrogens with zero attached hydrogens (tertiary/aromatic N) is 1. The van der Waals surface area contributed by atoms with Gasteiger partial charge in [-0.1, -0.05) is 30.3 Å². The van der Waals surface area contributed by atoms with Crippen LogP contribution in [0.3, 0.4) is 0 Å². The highest BCUT2D eigenvalue weighted by molar-refractivity contribution is 5.15. The van der Waals surface area contributed by atoms with E-state index in [-0.39, 0.29) is 17.7 Å². The van der Waals surface area contributed by atoms with E-state index >= 15 is 0 Å². The fourth-order valence-electron chi connectivity index (χ4n) is 3.12. The average Bonchev–Trinajstić information content (AvgIpc) is 2.39. The van der Waals surface area contributed by atoms with Crippen molar-refractivity contribution < 1.29 is 9.84 Å². The molecular formula is C15H22N2O2. The Morgan fingerprint density at radius 3 is 2.74 bits per heavy atom. The Morgan fingerprint density at radius 2 is 2.05 bits per heavy atom. The normalized spacial score (nSPS) is 35.9. The molecule has 0 amide bonds. The van der Waals surface area contributed by atoms with Crippen molar-refractivity contribution in [3.63, 3.8) is 0 Å². The van der Waals surface area contributed by atoms with Crippen LogP contribution in [0.2, 0.25) is 0 Å². The summed E-state index contributed by atoms with van der Waals surface area (Å²) in [5.41, 5.74) is 7.31. The molecule has 1 atom stereocenters. The first-order valence-electron chi connectivity index (χ1n) is 7.00. The molecule has 4 heteroatoms. The van der Waals surface area contributed by atoms with Crippen molar-refractivity contribution in [2.24, 2.45) is 5.73 Å². The summed E-state index contributed by atoms with van der Waals surface area (Å²) >= 11 is 0. The SMILES string of the molecule is NC1(C2CN(Cc3ccccc3)CCO2)CC(O)C1. The van der Waals surface area contributed by atoms with E-state index in [1.165, 1.54) is 5.56 Å². The van der Waals surface area contributed by atoms with E-state index in [1.807, 2.05) is 6.07 Å². The number of ether oxygens (including phenoxy) is 1. The predicted octanol–water partition coefficient (Wildman–Crippen LogP) is 0.740. The molecule has 1 aromatic carbocycles. The van der Waals surface area contributed by atoms with E-state index < -0.39 is 0 Å². The third-order valence-corrected chi connectivity index (χ3v) is 4.27. The predicted molar refractivity (Wildman–Crippen MR) is 73.6 cm³/mol. The minimum atomic E-state index is -0.325. The van der Waals surface area contributed by atoms with Crippen LogP contribution >= 0.6 is 0 Å². The molecular weight excluding hydrogens is 240 g/mol. The first-order chi connectivity index (χ1) is 9.16. The lowest BCUT2D eigenvalue weighted by molar-refractivity contribution is -0.118. The second kappa shape index (κ2) is 5.21. The number of benzene rings is 1. The summed E-state index contributed by atoms with van der Waals surface area (Å²) < 4.78 is 5.82. The van der Waals surface area contributed by atoms with Crippen molar-refractivity contribution in [2.45, 2.75) is 37.1 Å². The highest BCUT2D eigenvalue weighted by atomic mass is 16.5. The van der Waals surface area contributed by atoms with Gasteiger partial charge in [-0.15, -0.1) is 0 Å². The Labute approximate surface area is 114 Å². The van der Waals surface area contributed by atoms with E-state index in [2.05, 4.69) is 29.2 Å². The van der Waals surface area contributed by atoms with Crippen LogP contribution in [0.25, 0.3) is 0 Å². The van der Waals surface area contributed by atoms with Gasteiger partial charge in [-0.2, -0.15) is 0 Å². The quantitative estimate of drug-likeness (QED) is 0.843. The van der Waals surface area contributed by atoms with Crippen LogP contribution in [0.4, 0.5) is 0 Å². The van der Waals surface area contributed by atoms with E-state index in [0.29, 0.717) is 12.8 Å². The van der Waals surface area contributed by atoms with Crippen molar-refractivity contribution in [3.05, 3.63) is 35.9 Å². The minimum Gasteiger partial charge on any atom is -0.393 e. The largest absolute Gasteiger partial charge is 0.393 e. The highest BCUT2D eigenvalue weighted by Crippen LogP contribution is 2.35. The van der Waals surface area contributed by atoms with Gasteiger partial charge in [-0.3, -0.25) is 4.90 Å². The molecule has 1 heterocycles. The van der Waals surface area contributed by atoms with E-state index in [9.17, 15) is 5.11 Å². The van der Waals surface area contributed by atoms with Crippen LogP contribution < -0.4 is 5.73 Å². The second-order valence-corrected chi connectivity index (χ2v) is 5.88. The van der Waals surface area contributed by atoms with E-state index in [0.717, 1.165) is 26.2 Å². The number of aliphatic hydroxyl groups excluding tert-OH is 1. The molecule has 104 valence electrons. The summed E-state index contributed by atoms with van der Waals surface area (Å²) in [5.74, 6) is 0. The van der Waals surface area contributed by atoms with Crippen LogP contribution in [0, 0.1) is 0 Å². The maximum Gasteiger partial charge on any atom is 0.0883 e. The van der Waals surface area contributed by atoms with Gasteiger partial charge >= 0.3 is 0 Å². The van der Waals surface area contributed by atoms with Crippen molar-refractivity contribution in [1.29, 1.82) is 0 Å². The van der Waals surface area contributed by atoms with Gasteiger partial charge in [0.25, 0.3) is 0 Å². The number of hydrogen-bond acceptors (Lipinski definition) is 4. The number of morpholine rings is 1. The van der Waals surface area contributed by atoms with Gasteiger partial charge in [0.2, 0.25) is 0 Å². The zero-order chi connectivity index (χ0) is 13.3. The molecule has 19 heavy (non-hydrogen) atoms. The molecule has 1 saturated carbocycles. The zero-order valence-electron chi connectivity index (χ0n) is 11.2. The van der Waals surface area contributed by atoms with Gasteiger partial charge in [0.1, 0.15) is 0 Å². The van der Waals surface area contributed by atoms with Crippen molar-refractivity contribution in [3.8, 4) is 0 Å². The van der Waals surface area contributed by atoms with Gasteiger partial charge in [0.05, 0.1) is 18.8 Å². The summed E-state index contributed by atoms with van der Waals surface area (Å²) in [5, 5.41) is 9.47. The number of nitrogens with two attached hydrogens (primary N) is 1. The lowest BCUT2D eigenvalue weighted by Gasteiger charge is -2.50. The standard InChI is InChI=1S/C15H22N2O2/c16-15(8-13(18)9-15)14-11-17(6-7-19-14)10-12-4-2-1-3-5-12/h1-5,13-14,18H,6-11,16H2. The maximum absolute atomic E-state index is 9.47. The molecule has 0 bridgehead atoms. The Balaban J connectivity index is 1.59. The van der Waals surface area contributed by atoms with Gasteiger partial charge in [-0.25, -0.2) is 0 Å². The monoisotopic (exact) mass is 262 g/mol. The molecule has 3 N–H and O–H groups in total. The molecule has 2 fully saturated rings. The summed E-state index contributed by atoms with van der Waals surface area (Å²) in [6, 6.07) is 10.5. The fourth-order valence-corrected chi connectivity index (χ4v) is 3.12.